The second kappa shape index (κ2) is 7.67. The lowest BCUT2D eigenvalue weighted by molar-refractivity contribution is 0.0955. The van der Waals surface area contributed by atoms with Crippen molar-refractivity contribution in [2.75, 3.05) is 0 Å². The van der Waals surface area contributed by atoms with Crippen molar-refractivity contribution in [3.8, 4) is 11.1 Å². The molecule has 0 radical (unpaired) electrons. The van der Waals surface area contributed by atoms with Gasteiger partial charge in [0.1, 0.15) is 0 Å². The topological polar surface area (TPSA) is 41.5 Å². The fourth-order valence-electron chi connectivity index (χ4n) is 2.96. The second-order valence-electron chi connectivity index (χ2n) is 6.25. The summed E-state index contributed by atoms with van der Waals surface area (Å²) in [5.74, 6) is -0.230. The van der Waals surface area contributed by atoms with E-state index < -0.39 is 0 Å². The number of nitrogens with zero attached hydrogens (tertiary/aromatic N) is 1. The van der Waals surface area contributed by atoms with E-state index >= 15 is 0 Å². The van der Waals surface area contributed by atoms with Crippen molar-refractivity contribution in [1.82, 2.24) is 5.43 Å². The number of amides is 1. The molecule has 3 heteroatoms. The lowest BCUT2D eigenvalue weighted by atomic mass is 10.0. The van der Waals surface area contributed by atoms with Crippen molar-refractivity contribution < 1.29 is 4.79 Å². The fraction of sp³-hybridized carbons (Fsp3) is 0. The first-order valence-corrected chi connectivity index (χ1v) is 8.77. The van der Waals surface area contributed by atoms with E-state index in [1.165, 1.54) is 5.39 Å². The normalized spacial score (nSPS) is 11.0. The molecule has 130 valence electrons. The largest absolute Gasteiger partial charge is 0.271 e. The van der Waals surface area contributed by atoms with Crippen molar-refractivity contribution in [3.05, 3.63) is 108 Å². The SMILES string of the molecule is O=C(N/N=C/c1ccc2ccccc2c1)c1ccc(-c2ccccc2)cc1. The van der Waals surface area contributed by atoms with Crippen LogP contribution in [0.1, 0.15) is 15.9 Å². The molecule has 27 heavy (non-hydrogen) atoms. The summed E-state index contributed by atoms with van der Waals surface area (Å²) >= 11 is 0. The molecule has 1 amide bonds. The third-order valence-electron chi connectivity index (χ3n) is 4.41. The van der Waals surface area contributed by atoms with E-state index in [-0.39, 0.29) is 5.91 Å². The van der Waals surface area contributed by atoms with Crippen LogP contribution >= 0.6 is 0 Å². The number of nitrogens with one attached hydrogen (secondary N) is 1. The minimum Gasteiger partial charge on any atom is -0.267 e. The average molecular weight is 350 g/mol. The number of benzene rings is 4. The van der Waals surface area contributed by atoms with Gasteiger partial charge in [0.25, 0.3) is 5.91 Å². The molecular weight excluding hydrogens is 332 g/mol. The molecule has 0 bridgehead atoms. The summed E-state index contributed by atoms with van der Waals surface area (Å²) in [6.07, 6.45) is 1.66. The quantitative estimate of drug-likeness (QED) is 0.395. The van der Waals surface area contributed by atoms with E-state index in [1.54, 1.807) is 6.21 Å². The van der Waals surface area contributed by atoms with Crippen molar-refractivity contribution in [3.63, 3.8) is 0 Å². The molecule has 4 rings (SSSR count). The second-order valence-corrected chi connectivity index (χ2v) is 6.25. The van der Waals surface area contributed by atoms with E-state index in [0.717, 1.165) is 22.1 Å². The Balaban J connectivity index is 1.43. The van der Waals surface area contributed by atoms with Gasteiger partial charge in [0, 0.05) is 5.56 Å². The lowest BCUT2D eigenvalue weighted by Gasteiger charge is -2.04. The zero-order chi connectivity index (χ0) is 18.5. The highest BCUT2D eigenvalue weighted by Crippen LogP contribution is 2.19. The van der Waals surface area contributed by atoms with Gasteiger partial charge in [-0.1, -0.05) is 78.9 Å². The standard InChI is InChI=1S/C24H18N2O/c27-24(22-14-12-21(13-15-22)19-6-2-1-3-7-19)26-25-17-18-10-11-20-8-4-5-9-23(20)16-18/h1-17H,(H,26,27)/b25-17+. The molecule has 0 aliphatic heterocycles. The number of hydrogen-bond donors (Lipinski definition) is 1. The highest BCUT2D eigenvalue weighted by atomic mass is 16.2. The zero-order valence-electron chi connectivity index (χ0n) is 14.7. The minimum absolute atomic E-state index is 0.230. The highest BCUT2D eigenvalue weighted by Gasteiger charge is 2.04. The van der Waals surface area contributed by atoms with Gasteiger partial charge in [0.05, 0.1) is 6.21 Å². The molecule has 3 nitrogen and oxygen atoms in total. The summed E-state index contributed by atoms with van der Waals surface area (Å²) < 4.78 is 0. The first kappa shape index (κ1) is 16.7. The van der Waals surface area contributed by atoms with Crippen molar-refractivity contribution in [2.45, 2.75) is 0 Å². The molecule has 0 saturated heterocycles. The third-order valence-corrected chi connectivity index (χ3v) is 4.41. The van der Waals surface area contributed by atoms with Crippen molar-refractivity contribution in [2.24, 2.45) is 5.10 Å². The predicted octanol–water partition coefficient (Wildman–Crippen LogP) is 5.27. The van der Waals surface area contributed by atoms with Crippen LogP contribution in [0.3, 0.4) is 0 Å². The van der Waals surface area contributed by atoms with Crippen molar-refractivity contribution in [1.29, 1.82) is 0 Å². The Kier molecular flexibility index (Phi) is 4.75. The molecule has 0 unspecified atom stereocenters. The van der Waals surface area contributed by atoms with Crippen LogP contribution in [0.4, 0.5) is 0 Å². The molecule has 0 heterocycles. The van der Waals surface area contributed by atoms with Gasteiger partial charge in [-0.2, -0.15) is 5.10 Å². The summed E-state index contributed by atoms with van der Waals surface area (Å²) in [6, 6.07) is 31.8. The Morgan fingerprint density at radius 1 is 0.704 bits per heavy atom. The molecule has 0 saturated carbocycles. The number of carbonyl (C=O) groups is 1. The molecule has 0 aromatic heterocycles. The average Bonchev–Trinajstić information content (AvgIpc) is 2.74. The minimum atomic E-state index is -0.230. The van der Waals surface area contributed by atoms with E-state index in [4.69, 9.17) is 0 Å². The summed E-state index contributed by atoms with van der Waals surface area (Å²) in [5.41, 5.74) is 6.30. The van der Waals surface area contributed by atoms with Crippen LogP contribution in [0, 0.1) is 0 Å². The molecule has 4 aromatic rings. The molecule has 0 aliphatic rings. The van der Waals surface area contributed by atoms with E-state index in [9.17, 15) is 4.79 Å². The van der Waals surface area contributed by atoms with E-state index in [1.807, 2.05) is 84.9 Å². The summed E-state index contributed by atoms with van der Waals surface area (Å²) in [5, 5.41) is 6.40. The molecule has 0 atom stereocenters. The Morgan fingerprint density at radius 2 is 1.37 bits per heavy atom. The van der Waals surface area contributed by atoms with Gasteiger partial charge >= 0.3 is 0 Å². The Labute approximate surface area is 158 Å². The van der Waals surface area contributed by atoms with Crippen LogP contribution < -0.4 is 5.43 Å². The van der Waals surface area contributed by atoms with Gasteiger partial charge in [-0.15, -0.1) is 0 Å². The number of fused-ring (bicyclic) bond motifs is 1. The lowest BCUT2D eigenvalue weighted by Crippen LogP contribution is -2.17. The van der Waals surface area contributed by atoms with Crippen LogP contribution in [-0.2, 0) is 0 Å². The van der Waals surface area contributed by atoms with E-state index in [2.05, 4.69) is 22.7 Å². The van der Waals surface area contributed by atoms with Gasteiger partial charge in [-0.05, 0) is 45.7 Å². The van der Waals surface area contributed by atoms with Crippen LogP contribution in [0.5, 0.6) is 0 Å². The first-order valence-electron chi connectivity index (χ1n) is 8.77. The van der Waals surface area contributed by atoms with Gasteiger partial charge in [0.2, 0.25) is 0 Å². The number of rotatable bonds is 4. The molecular formula is C24H18N2O. The van der Waals surface area contributed by atoms with Crippen molar-refractivity contribution >= 4 is 22.9 Å². The number of carbonyl (C=O) groups excluding carboxylic acids is 1. The monoisotopic (exact) mass is 350 g/mol. The fourth-order valence-corrected chi connectivity index (χ4v) is 2.96. The summed E-state index contributed by atoms with van der Waals surface area (Å²) in [6.45, 7) is 0. The Bertz CT molecular complexity index is 1100. The Hall–Kier alpha value is -3.72. The smallest absolute Gasteiger partial charge is 0.267 e. The maximum atomic E-state index is 12.3. The summed E-state index contributed by atoms with van der Waals surface area (Å²) in [4.78, 5) is 12.3. The van der Waals surface area contributed by atoms with Gasteiger partial charge in [-0.25, -0.2) is 5.43 Å². The molecule has 4 aromatic carbocycles. The van der Waals surface area contributed by atoms with Gasteiger partial charge in [-0.3, -0.25) is 4.79 Å². The molecule has 0 fully saturated rings. The molecule has 1 N–H and O–H groups in total. The van der Waals surface area contributed by atoms with Crippen LogP contribution in [-0.4, -0.2) is 12.1 Å². The first-order chi connectivity index (χ1) is 13.3. The van der Waals surface area contributed by atoms with E-state index in [0.29, 0.717) is 5.56 Å². The predicted molar refractivity (Wildman–Crippen MR) is 111 cm³/mol. The van der Waals surface area contributed by atoms with Crippen LogP contribution in [0.25, 0.3) is 21.9 Å². The van der Waals surface area contributed by atoms with Gasteiger partial charge in [0.15, 0.2) is 0 Å². The van der Waals surface area contributed by atoms with Gasteiger partial charge < -0.3 is 0 Å². The third kappa shape index (κ3) is 3.93. The number of hydrogen-bond acceptors (Lipinski definition) is 2. The zero-order valence-corrected chi connectivity index (χ0v) is 14.7. The van der Waals surface area contributed by atoms with Crippen LogP contribution in [0.15, 0.2) is 102 Å². The highest BCUT2D eigenvalue weighted by molar-refractivity contribution is 5.96. The summed E-state index contributed by atoms with van der Waals surface area (Å²) in [7, 11) is 0. The maximum Gasteiger partial charge on any atom is 0.271 e. The van der Waals surface area contributed by atoms with Crippen LogP contribution in [0.2, 0.25) is 0 Å². The maximum absolute atomic E-state index is 12.3. The Morgan fingerprint density at radius 3 is 2.15 bits per heavy atom. The molecule has 0 aliphatic carbocycles. The molecule has 0 spiro atoms. The number of hydrazone groups is 1.